The Labute approximate surface area is 111 Å². The zero-order valence-electron chi connectivity index (χ0n) is 9.55. The molecule has 0 spiro atoms. The first-order valence-corrected chi connectivity index (χ1v) is 8.76. The van der Waals surface area contributed by atoms with Crippen LogP contribution in [0.15, 0.2) is 23.1 Å². The minimum absolute atomic E-state index is 0.0575. The van der Waals surface area contributed by atoms with Gasteiger partial charge in [0, 0.05) is 12.8 Å². The van der Waals surface area contributed by atoms with Crippen molar-refractivity contribution in [3.8, 4) is 0 Å². The first kappa shape index (κ1) is 15.2. The molecule has 0 saturated carbocycles. The van der Waals surface area contributed by atoms with E-state index in [1.54, 1.807) is 0 Å². The minimum Gasteiger partial charge on any atom is -0.397 e. The van der Waals surface area contributed by atoms with Crippen LogP contribution < -0.4 is 10.5 Å². The second kappa shape index (κ2) is 5.43. The van der Waals surface area contributed by atoms with Gasteiger partial charge in [-0.1, -0.05) is 11.6 Å². The van der Waals surface area contributed by atoms with E-state index in [4.69, 9.17) is 17.3 Å². The predicted octanol–water partition coefficient (Wildman–Crippen LogP) is 0.245. The SMILES string of the molecule is CS(=O)(=O)CCNS(=O)(=O)c1ccc(Cl)c(N)c1. The summed E-state index contributed by atoms with van der Waals surface area (Å²) in [6, 6.07) is 3.87. The van der Waals surface area contributed by atoms with Gasteiger partial charge in [-0.25, -0.2) is 21.6 Å². The molecule has 0 aromatic heterocycles. The summed E-state index contributed by atoms with van der Waals surface area (Å²) in [4.78, 5) is -0.0575. The molecule has 0 fully saturated rings. The molecule has 0 bridgehead atoms. The lowest BCUT2D eigenvalue weighted by Gasteiger charge is -2.07. The largest absolute Gasteiger partial charge is 0.397 e. The van der Waals surface area contributed by atoms with Gasteiger partial charge in [0.1, 0.15) is 9.84 Å². The fraction of sp³-hybridized carbons (Fsp3) is 0.333. The number of sulfonamides is 1. The van der Waals surface area contributed by atoms with Gasteiger partial charge in [0.05, 0.1) is 21.4 Å². The summed E-state index contributed by atoms with van der Waals surface area (Å²) in [5.41, 5.74) is 5.64. The summed E-state index contributed by atoms with van der Waals surface area (Å²) in [5.74, 6) is -0.269. The smallest absolute Gasteiger partial charge is 0.240 e. The van der Waals surface area contributed by atoms with Crippen molar-refractivity contribution in [2.45, 2.75) is 4.90 Å². The van der Waals surface area contributed by atoms with Crippen LogP contribution in [0.25, 0.3) is 0 Å². The number of sulfone groups is 1. The van der Waals surface area contributed by atoms with Crippen LogP contribution in [0.1, 0.15) is 0 Å². The Kier molecular flexibility index (Phi) is 4.60. The first-order valence-electron chi connectivity index (χ1n) is 4.84. The molecular weight excluding hydrogens is 300 g/mol. The normalized spacial score (nSPS) is 12.6. The number of anilines is 1. The third kappa shape index (κ3) is 4.45. The average molecular weight is 313 g/mol. The van der Waals surface area contributed by atoms with Gasteiger partial charge >= 0.3 is 0 Å². The van der Waals surface area contributed by atoms with Crippen molar-refractivity contribution in [3.63, 3.8) is 0 Å². The molecule has 1 rings (SSSR count). The highest BCUT2D eigenvalue weighted by Gasteiger charge is 2.15. The lowest BCUT2D eigenvalue weighted by molar-refractivity contribution is 0.582. The van der Waals surface area contributed by atoms with Crippen molar-refractivity contribution in [3.05, 3.63) is 23.2 Å². The molecule has 0 radical (unpaired) electrons. The summed E-state index contributed by atoms with van der Waals surface area (Å²) >= 11 is 5.68. The first-order chi connectivity index (χ1) is 8.12. The van der Waals surface area contributed by atoms with Crippen molar-refractivity contribution in [2.75, 3.05) is 24.3 Å². The molecule has 0 heterocycles. The highest BCUT2D eigenvalue weighted by molar-refractivity contribution is 7.91. The summed E-state index contributed by atoms with van der Waals surface area (Å²) in [5, 5.41) is 0.255. The highest BCUT2D eigenvalue weighted by Crippen LogP contribution is 2.21. The lowest BCUT2D eigenvalue weighted by Crippen LogP contribution is -2.29. The Morgan fingerprint density at radius 1 is 1.28 bits per heavy atom. The lowest BCUT2D eigenvalue weighted by atomic mass is 10.3. The Balaban J connectivity index is 2.84. The van der Waals surface area contributed by atoms with Crippen LogP contribution >= 0.6 is 11.6 Å². The number of nitrogens with two attached hydrogens (primary N) is 1. The van der Waals surface area contributed by atoms with Crippen molar-refractivity contribution >= 4 is 37.1 Å². The van der Waals surface area contributed by atoms with Gasteiger partial charge in [0.25, 0.3) is 0 Å². The maximum Gasteiger partial charge on any atom is 0.240 e. The molecule has 0 aliphatic heterocycles. The fourth-order valence-corrected chi connectivity index (χ4v) is 2.92. The molecule has 9 heteroatoms. The number of benzene rings is 1. The van der Waals surface area contributed by atoms with Gasteiger partial charge in [-0.05, 0) is 18.2 Å². The van der Waals surface area contributed by atoms with E-state index in [1.165, 1.54) is 18.2 Å². The summed E-state index contributed by atoms with van der Waals surface area (Å²) in [6.45, 7) is -0.191. The van der Waals surface area contributed by atoms with Crippen LogP contribution in [-0.2, 0) is 19.9 Å². The van der Waals surface area contributed by atoms with Crippen LogP contribution in [0.3, 0.4) is 0 Å². The zero-order chi connectivity index (χ0) is 14.0. The van der Waals surface area contributed by atoms with Crippen molar-refractivity contribution in [1.29, 1.82) is 0 Å². The molecule has 0 atom stereocenters. The maximum atomic E-state index is 11.8. The van der Waals surface area contributed by atoms with E-state index in [9.17, 15) is 16.8 Å². The van der Waals surface area contributed by atoms with E-state index < -0.39 is 19.9 Å². The van der Waals surface area contributed by atoms with Crippen molar-refractivity contribution in [2.24, 2.45) is 0 Å². The standard InChI is InChI=1S/C9H13ClN2O4S2/c1-17(13,14)5-4-12-18(15,16)7-2-3-8(10)9(11)6-7/h2-3,6,12H,4-5,11H2,1H3. The molecule has 1 aromatic carbocycles. The average Bonchev–Trinajstić information content (AvgIpc) is 2.19. The fourth-order valence-electron chi connectivity index (χ4n) is 1.13. The summed E-state index contributed by atoms with van der Waals surface area (Å²) in [7, 11) is -6.99. The second-order valence-corrected chi connectivity index (χ2v) is 8.14. The van der Waals surface area contributed by atoms with Crippen LogP contribution in [0, 0.1) is 0 Å². The summed E-state index contributed by atoms with van der Waals surface area (Å²) in [6.07, 6.45) is 1.03. The van der Waals surface area contributed by atoms with E-state index in [2.05, 4.69) is 4.72 Å². The number of nitrogens with one attached hydrogen (secondary N) is 1. The molecule has 0 aliphatic rings. The zero-order valence-corrected chi connectivity index (χ0v) is 11.9. The molecule has 102 valence electrons. The Hall–Kier alpha value is -0.830. The number of rotatable bonds is 5. The van der Waals surface area contributed by atoms with Crippen molar-refractivity contribution in [1.82, 2.24) is 4.72 Å². The highest BCUT2D eigenvalue weighted by atomic mass is 35.5. The third-order valence-electron chi connectivity index (χ3n) is 2.04. The second-order valence-electron chi connectivity index (χ2n) is 3.71. The van der Waals surface area contributed by atoms with Gasteiger partial charge in [-0.3, -0.25) is 0 Å². The van der Waals surface area contributed by atoms with E-state index in [0.717, 1.165) is 6.26 Å². The molecule has 0 amide bonds. The van der Waals surface area contributed by atoms with Crippen LogP contribution in [-0.4, -0.2) is 35.4 Å². The Morgan fingerprint density at radius 2 is 1.89 bits per heavy atom. The van der Waals surface area contributed by atoms with Crippen LogP contribution in [0.4, 0.5) is 5.69 Å². The van der Waals surface area contributed by atoms with Gasteiger partial charge in [0.2, 0.25) is 10.0 Å². The molecule has 0 unspecified atom stereocenters. The van der Waals surface area contributed by atoms with Gasteiger partial charge < -0.3 is 5.73 Å². The Bertz CT molecular complexity index is 641. The van der Waals surface area contributed by atoms with Crippen LogP contribution in [0.5, 0.6) is 0 Å². The summed E-state index contributed by atoms with van der Waals surface area (Å²) < 4.78 is 47.5. The quantitative estimate of drug-likeness (QED) is 0.758. The van der Waals surface area contributed by atoms with Gasteiger partial charge in [-0.15, -0.1) is 0 Å². The molecular formula is C9H13ClN2O4S2. The predicted molar refractivity (Wildman–Crippen MR) is 70.8 cm³/mol. The molecule has 3 N–H and O–H groups in total. The van der Waals surface area contributed by atoms with Gasteiger partial charge in [0.15, 0.2) is 0 Å². The monoisotopic (exact) mass is 312 g/mol. The van der Waals surface area contributed by atoms with E-state index in [1.807, 2.05) is 0 Å². The molecule has 1 aromatic rings. The minimum atomic E-state index is -3.78. The van der Waals surface area contributed by atoms with Crippen molar-refractivity contribution < 1.29 is 16.8 Å². The molecule has 18 heavy (non-hydrogen) atoms. The van der Waals surface area contributed by atoms with E-state index >= 15 is 0 Å². The maximum absolute atomic E-state index is 11.8. The van der Waals surface area contributed by atoms with Crippen LogP contribution in [0.2, 0.25) is 5.02 Å². The topological polar surface area (TPSA) is 106 Å². The number of nitrogen functional groups attached to an aromatic ring is 1. The van der Waals surface area contributed by atoms with Gasteiger partial charge in [-0.2, -0.15) is 0 Å². The Morgan fingerprint density at radius 3 is 2.39 bits per heavy atom. The third-order valence-corrected chi connectivity index (χ3v) is 4.79. The number of hydrogen-bond acceptors (Lipinski definition) is 5. The molecule has 6 nitrogen and oxygen atoms in total. The van der Waals surface area contributed by atoms with E-state index in [0.29, 0.717) is 0 Å². The van der Waals surface area contributed by atoms with E-state index in [-0.39, 0.29) is 27.9 Å². The molecule has 0 saturated heterocycles. The molecule has 0 aliphatic carbocycles. The number of hydrogen-bond donors (Lipinski definition) is 2. The number of halogens is 1.